The average molecular weight is 1600 g/mol. The number of nitrogens with one attached hydrogen (secondary N) is 5. The SMILES string of the molecule is C.C.CC(C)(C)OC(=O)N[C@H]1CCCC[C@@H]1N.CN(C)[C@H]1CCCC[C@@H]1N.CN(C)[C@H]1CCCC[C@@H]1N.CN(C)[C@H]1CCCC[C@@H]1NC(=O)OC(C)(C)C.CN(C)[C@H]1CCCC[C@@H]1Nc1ccc2c(c1)C(=O)N(C1CCC(=O)NC1=O)C2=O.O=C1CCC(N2C(=O)c3ccc(F)cc3C2=O)C(=O)N1.OCn1nnc2ccccc21. The number of nitrogens with two attached hydrogens (primary N) is 3. The van der Waals surface area contributed by atoms with Gasteiger partial charge in [-0.3, -0.25) is 58.8 Å². The van der Waals surface area contributed by atoms with Gasteiger partial charge in [-0.1, -0.05) is 96.4 Å². The molecule has 12 N–H and O–H groups in total. The van der Waals surface area contributed by atoms with E-state index in [-0.39, 0.29) is 101 Å². The molecule has 7 fully saturated rings. The number of para-hydroxylation sites is 1. The molecule has 2 saturated heterocycles. The Kier molecular flexibility index (Phi) is 37.6. The van der Waals surface area contributed by atoms with Gasteiger partial charge < -0.3 is 67.3 Å². The number of piperidine rings is 2. The fourth-order valence-corrected chi connectivity index (χ4v) is 15.9. The number of amides is 10. The summed E-state index contributed by atoms with van der Waals surface area (Å²) in [4.78, 5) is 130. The second-order valence-corrected chi connectivity index (χ2v) is 33.4. The van der Waals surface area contributed by atoms with Crippen molar-refractivity contribution in [2.45, 2.75) is 301 Å². The van der Waals surface area contributed by atoms with Crippen molar-refractivity contribution >= 4 is 76.2 Å². The van der Waals surface area contributed by atoms with Crippen LogP contribution in [0.5, 0.6) is 0 Å². The number of hydrogen-bond donors (Lipinski definition) is 9. The van der Waals surface area contributed by atoms with Crippen molar-refractivity contribution in [1.82, 2.24) is 65.7 Å². The van der Waals surface area contributed by atoms with Gasteiger partial charge in [-0.05, 0) is 224 Å². The van der Waals surface area contributed by atoms with Gasteiger partial charge in [0.15, 0.2) is 0 Å². The van der Waals surface area contributed by atoms with Gasteiger partial charge in [-0.25, -0.2) is 18.7 Å². The first kappa shape index (κ1) is 96.2. The van der Waals surface area contributed by atoms with E-state index in [1.807, 2.05) is 71.9 Å². The van der Waals surface area contributed by atoms with E-state index < -0.39 is 70.5 Å². The summed E-state index contributed by atoms with van der Waals surface area (Å²) >= 11 is 0. The van der Waals surface area contributed by atoms with Crippen molar-refractivity contribution in [2.24, 2.45) is 17.2 Å². The molecule has 31 heteroatoms. The lowest BCUT2D eigenvalue weighted by Gasteiger charge is -2.37. The molecule has 0 radical (unpaired) electrons. The maximum absolute atomic E-state index is 13.2. The van der Waals surface area contributed by atoms with Crippen molar-refractivity contribution < 1.29 is 66.9 Å². The molecule has 114 heavy (non-hydrogen) atoms. The Balaban J connectivity index is 0.000000245. The Labute approximate surface area is 674 Å². The number of aromatic nitrogens is 3. The number of rotatable bonds is 11. The zero-order chi connectivity index (χ0) is 82.5. The smallest absolute Gasteiger partial charge is 0.407 e. The monoisotopic (exact) mass is 1600 g/mol. The molecule has 13 rings (SSSR count). The Morgan fingerprint density at radius 3 is 1.29 bits per heavy atom. The Hall–Kier alpha value is -8.43. The minimum Gasteiger partial charge on any atom is -0.444 e. The number of aliphatic hydroxyl groups is 1. The highest BCUT2D eigenvalue weighted by atomic mass is 19.1. The fraction of sp³-hybridized carbons (Fsp3) is 0.663. The van der Waals surface area contributed by atoms with Gasteiger partial charge in [0, 0.05) is 78.9 Å². The minimum absolute atomic E-state index is 0. The number of hydrogen-bond acceptors (Lipinski definition) is 23. The number of nitrogens with zero attached hydrogens (tertiary/aromatic N) is 9. The molecule has 12 atom stereocenters. The van der Waals surface area contributed by atoms with Gasteiger partial charge in [0.05, 0.1) is 27.8 Å². The third kappa shape index (κ3) is 27.6. The first-order valence-corrected chi connectivity index (χ1v) is 39.8. The maximum Gasteiger partial charge on any atom is 0.407 e. The molecule has 4 aromatic rings. The third-order valence-electron chi connectivity index (χ3n) is 21.6. The third-order valence-corrected chi connectivity index (χ3v) is 21.6. The molecule has 5 heterocycles. The first-order chi connectivity index (χ1) is 52.9. The molecule has 5 aliphatic carbocycles. The minimum atomic E-state index is -1.02. The normalized spacial score (nSPS) is 25.4. The number of fused-ring (bicyclic) bond motifs is 3. The number of carbonyl (C=O) groups excluding carboxylic acids is 10. The predicted molar refractivity (Wildman–Crippen MR) is 439 cm³/mol. The highest BCUT2D eigenvalue weighted by Gasteiger charge is 2.47. The van der Waals surface area contributed by atoms with Gasteiger partial charge in [-0.15, -0.1) is 5.10 Å². The van der Waals surface area contributed by atoms with Crippen LogP contribution >= 0.6 is 0 Å². The van der Waals surface area contributed by atoms with E-state index in [0.717, 1.165) is 96.4 Å². The van der Waals surface area contributed by atoms with Crippen LogP contribution in [-0.4, -0.2) is 249 Å². The molecule has 9 aliphatic rings. The van der Waals surface area contributed by atoms with Crippen LogP contribution in [0, 0.1) is 5.82 Å². The number of aliphatic hydroxyl groups excluding tert-OH is 1. The number of likely N-dealkylation sites (N-methyl/N-ethyl adjacent to an activating group) is 4. The summed E-state index contributed by atoms with van der Waals surface area (Å²) in [7, 11) is 16.8. The van der Waals surface area contributed by atoms with E-state index in [0.29, 0.717) is 47.4 Å². The van der Waals surface area contributed by atoms with Crippen molar-refractivity contribution in [3.63, 3.8) is 0 Å². The van der Waals surface area contributed by atoms with Crippen LogP contribution in [0.4, 0.5) is 19.7 Å². The number of benzene rings is 3. The van der Waals surface area contributed by atoms with Gasteiger partial charge >= 0.3 is 12.2 Å². The molecule has 3 aromatic carbocycles. The van der Waals surface area contributed by atoms with Crippen LogP contribution in [0.25, 0.3) is 11.0 Å². The van der Waals surface area contributed by atoms with E-state index in [1.165, 1.54) is 81.4 Å². The maximum atomic E-state index is 13.2. The van der Waals surface area contributed by atoms with Crippen LogP contribution in [0.2, 0.25) is 0 Å². The van der Waals surface area contributed by atoms with Crippen molar-refractivity contribution in [2.75, 3.05) is 61.7 Å². The summed E-state index contributed by atoms with van der Waals surface area (Å²) < 4.78 is 25.1. The summed E-state index contributed by atoms with van der Waals surface area (Å²) in [6.45, 7) is 11.1. The van der Waals surface area contributed by atoms with Gasteiger partial charge in [0.2, 0.25) is 23.6 Å². The van der Waals surface area contributed by atoms with Crippen molar-refractivity contribution in [3.8, 4) is 0 Å². The van der Waals surface area contributed by atoms with Gasteiger partial charge in [-0.2, -0.15) is 0 Å². The Morgan fingerprint density at radius 2 is 0.868 bits per heavy atom. The van der Waals surface area contributed by atoms with Crippen LogP contribution < -0.4 is 43.8 Å². The zero-order valence-corrected chi connectivity index (χ0v) is 68.4. The average Bonchev–Trinajstić information content (AvgIpc) is 1.61. The molecule has 4 aliphatic heterocycles. The van der Waals surface area contributed by atoms with Gasteiger partial charge in [0.25, 0.3) is 23.6 Å². The van der Waals surface area contributed by atoms with E-state index in [4.69, 9.17) is 31.8 Å². The molecule has 1 aromatic heterocycles. The zero-order valence-electron chi connectivity index (χ0n) is 68.4. The first-order valence-electron chi connectivity index (χ1n) is 39.8. The summed E-state index contributed by atoms with van der Waals surface area (Å²) in [6, 6.07) is 17.6. The summed E-state index contributed by atoms with van der Waals surface area (Å²) in [5.41, 5.74) is 20.0. The number of alkyl carbamates (subject to hydrolysis) is 2. The molecular weight excluding hydrogens is 1460 g/mol. The number of imide groups is 4. The fourth-order valence-electron chi connectivity index (χ4n) is 15.9. The summed E-state index contributed by atoms with van der Waals surface area (Å²) in [6.07, 6.45) is 23.5. The molecule has 10 amide bonds. The van der Waals surface area contributed by atoms with Crippen molar-refractivity contribution in [3.05, 3.63) is 88.7 Å². The Bertz CT molecular complexity index is 3830. The molecule has 2 unspecified atom stereocenters. The van der Waals surface area contributed by atoms with Crippen molar-refractivity contribution in [1.29, 1.82) is 0 Å². The molecular formula is C83H134FN17O13. The molecule has 5 saturated carbocycles. The summed E-state index contributed by atoms with van der Waals surface area (Å²) in [5.74, 6) is -5.02. The highest BCUT2D eigenvalue weighted by molar-refractivity contribution is 6.24. The van der Waals surface area contributed by atoms with E-state index in [1.54, 1.807) is 12.1 Å². The lowest BCUT2D eigenvalue weighted by molar-refractivity contribution is -0.137. The van der Waals surface area contributed by atoms with Crippen LogP contribution in [0.3, 0.4) is 0 Å². The molecule has 0 bridgehead atoms. The molecule has 30 nitrogen and oxygen atoms in total. The van der Waals surface area contributed by atoms with E-state index >= 15 is 0 Å². The van der Waals surface area contributed by atoms with Crippen LogP contribution in [-0.2, 0) is 35.4 Å². The largest absolute Gasteiger partial charge is 0.444 e. The van der Waals surface area contributed by atoms with Crippen LogP contribution in [0.1, 0.15) is 252 Å². The number of anilines is 1. The standard InChI is InChI=1S/C21H26N4O4.C13H9FN2O4.C13H26N2O2.C11H22N2O2.2C8H18N2.C7H7N3O.2CH4/c1-24(2)16-6-4-3-5-15(16)22-12-7-8-13-14(11-12)21(29)25(20(13)28)17-9-10-18(26)23-19(17)27;14-6-1-2-7-8(5-6)13(20)16(12(7)19)9-3-4-10(17)15-11(9)18;1-13(2,3)17-12(16)14-10-8-6-7-9-11(10)15(4)5;1-11(2,3)15-10(14)13-9-7-5-4-6-8(9)12;2*1-10(2)8-6-4-3-5-7(8)9;11-5-10-7-4-2-1-3-6(7)8-9-10;;/h7-8,11,15-17,22H,3-6,9-10H2,1-2H3,(H,23,26,27);1-2,5,9H,3-4H2,(H,15,17,18);10-11H,6-9H2,1-5H3,(H,14,16);8-9H,4-7,12H2,1-3H3,(H,13,14);2*7-8H,3-6,9H2,1-2H3;1-4,11H,5H2;2*1H4/t15-,16-,17?;;10-,11-;8-,9-;2*7-,8-;;;/m0.0000.../s1. The molecule has 636 valence electrons. The number of ether oxygens (including phenoxy) is 2. The van der Waals surface area contributed by atoms with E-state index in [2.05, 4.69) is 113 Å². The summed E-state index contributed by atoms with van der Waals surface area (Å²) in [5, 5.41) is 30.0. The highest BCUT2D eigenvalue weighted by Crippen LogP contribution is 2.34. The predicted octanol–water partition coefficient (Wildman–Crippen LogP) is 9.05. The number of halogens is 1. The second-order valence-electron chi connectivity index (χ2n) is 33.4. The van der Waals surface area contributed by atoms with E-state index in [9.17, 15) is 52.3 Å². The second kappa shape index (κ2) is 44.6. The van der Waals surface area contributed by atoms with Crippen LogP contribution in [0.15, 0.2) is 60.7 Å². The van der Waals surface area contributed by atoms with Gasteiger partial charge in [0.1, 0.15) is 41.4 Å². The topological polar surface area (TPSA) is 398 Å². The Morgan fingerprint density at radius 1 is 0.491 bits per heavy atom. The quantitative estimate of drug-likeness (QED) is 0.0632. The molecule has 0 spiro atoms. The lowest BCUT2D eigenvalue weighted by Crippen LogP contribution is -2.54. The lowest BCUT2D eigenvalue weighted by atomic mass is 9.89. The number of carbonyl (C=O) groups is 10.